The Morgan fingerprint density at radius 2 is 1.50 bits per heavy atom. The van der Waals surface area contributed by atoms with Crippen LogP contribution in [-0.2, 0) is 10.5 Å². The molecule has 90 valence electrons. The van der Waals surface area contributed by atoms with Crippen molar-refractivity contribution >= 4 is 5.57 Å². The predicted octanol–water partition coefficient (Wildman–Crippen LogP) is 3.86. The SMILES string of the molecule is OO[C@@]1(c2ccccc2)CC=C1c1ccccc1. The second-order valence-corrected chi connectivity index (χ2v) is 4.47. The average molecular weight is 238 g/mol. The maximum Gasteiger partial charge on any atom is 0.157 e. The van der Waals surface area contributed by atoms with Crippen molar-refractivity contribution in [2.75, 3.05) is 0 Å². The maximum atomic E-state index is 9.38. The van der Waals surface area contributed by atoms with Gasteiger partial charge in [0.2, 0.25) is 0 Å². The van der Waals surface area contributed by atoms with Gasteiger partial charge in [0, 0.05) is 6.42 Å². The fourth-order valence-electron chi connectivity index (χ4n) is 2.48. The molecular formula is C16H14O2. The Kier molecular flexibility index (Phi) is 2.74. The highest BCUT2D eigenvalue weighted by Gasteiger charge is 2.44. The van der Waals surface area contributed by atoms with Gasteiger partial charge in [-0.25, -0.2) is 4.89 Å². The number of hydrogen-bond acceptors (Lipinski definition) is 2. The summed E-state index contributed by atoms with van der Waals surface area (Å²) in [5.74, 6) is 0. The first-order chi connectivity index (χ1) is 8.87. The molecule has 2 nitrogen and oxygen atoms in total. The Morgan fingerprint density at radius 3 is 2.00 bits per heavy atom. The van der Waals surface area contributed by atoms with Gasteiger partial charge in [-0.3, -0.25) is 5.26 Å². The third-order valence-electron chi connectivity index (χ3n) is 3.51. The molecule has 0 aliphatic heterocycles. The van der Waals surface area contributed by atoms with Crippen molar-refractivity contribution in [2.45, 2.75) is 12.0 Å². The van der Waals surface area contributed by atoms with Gasteiger partial charge in [0.25, 0.3) is 0 Å². The average Bonchev–Trinajstić information content (AvgIpc) is 2.41. The zero-order valence-electron chi connectivity index (χ0n) is 9.91. The van der Waals surface area contributed by atoms with Gasteiger partial charge in [-0.05, 0) is 16.7 Å². The van der Waals surface area contributed by atoms with E-state index >= 15 is 0 Å². The van der Waals surface area contributed by atoms with Gasteiger partial charge in [0.1, 0.15) is 0 Å². The molecule has 0 bridgehead atoms. The van der Waals surface area contributed by atoms with Crippen LogP contribution in [0.4, 0.5) is 0 Å². The van der Waals surface area contributed by atoms with Crippen LogP contribution < -0.4 is 0 Å². The van der Waals surface area contributed by atoms with E-state index in [9.17, 15) is 5.26 Å². The molecule has 0 spiro atoms. The molecule has 1 aliphatic rings. The summed E-state index contributed by atoms with van der Waals surface area (Å²) in [6.07, 6.45) is 2.79. The molecule has 1 N–H and O–H groups in total. The summed E-state index contributed by atoms with van der Waals surface area (Å²) < 4.78 is 0. The molecule has 0 aromatic heterocycles. The smallest absolute Gasteiger partial charge is 0.157 e. The van der Waals surface area contributed by atoms with Gasteiger partial charge in [0.15, 0.2) is 5.60 Å². The molecule has 18 heavy (non-hydrogen) atoms. The summed E-state index contributed by atoms with van der Waals surface area (Å²) in [5.41, 5.74) is 2.38. The lowest BCUT2D eigenvalue weighted by Crippen LogP contribution is -2.35. The minimum atomic E-state index is -0.706. The van der Waals surface area contributed by atoms with Crippen LogP contribution in [0, 0.1) is 0 Å². The van der Waals surface area contributed by atoms with Crippen LogP contribution in [0.3, 0.4) is 0 Å². The van der Waals surface area contributed by atoms with Crippen LogP contribution in [-0.4, -0.2) is 5.26 Å². The van der Waals surface area contributed by atoms with Crippen molar-refractivity contribution in [2.24, 2.45) is 0 Å². The van der Waals surface area contributed by atoms with Crippen molar-refractivity contribution in [3.05, 3.63) is 77.9 Å². The van der Waals surface area contributed by atoms with Gasteiger partial charge in [-0.1, -0.05) is 66.7 Å². The predicted molar refractivity (Wildman–Crippen MR) is 70.9 cm³/mol. The van der Waals surface area contributed by atoms with E-state index in [2.05, 4.69) is 6.08 Å². The number of hydrogen-bond donors (Lipinski definition) is 1. The van der Waals surface area contributed by atoms with Gasteiger partial charge in [-0.2, -0.15) is 0 Å². The van der Waals surface area contributed by atoms with Crippen molar-refractivity contribution < 1.29 is 10.1 Å². The zero-order chi connectivity index (χ0) is 12.4. The van der Waals surface area contributed by atoms with Gasteiger partial charge < -0.3 is 0 Å². The van der Waals surface area contributed by atoms with E-state index in [0.717, 1.165) is 16.7 Å². The fraction of sp³-hybridized carbons (Fsp3) is 0.125. The highest BCUT2D eigenvalue weighted by atomic mass is 17.1. The molecule has 2 heteroatoms. The first-order valence-electron chi connectivity index (χ1n) is 6.01. The summed E-state index contributed by atoms with van der Waals surface area (Å²) in [7, 11) is 0. The van der Waals surface area contributed by atoms with E-state index in [-0.39, 0.29) is 0 Å². The lowest BCUT2D eigenvalue weighted by atomic mass is 9.72. The minimum absolute atomic E-state index is 0.692. The van der Waals surface area contributed by atoms with Crippen molar-refractivity contribution in [1.82, 2.24) is 0 Å². The maximum absolute atomic E-state index is 9.38. The Hall–Kier alpha value is -1.90. The zero-order valence-corrected chi connectivity index (χ0v) is 9.91. The third-order valence-corrected chi connectivity index (χ3v) is 3.51. The van der Waals surface area contributed by atoms with Crippen LogP contribution in [0.2, 0.25) is 0 Å². The van der Waals surface area contributed by atoms with Crippen LogP contribution in [0.5, 0.6) is 0 Å². The van der Waals surface area contributed by atoms with Gasteiger partial charge in [-0.15, -0.1) is 0 Å². The molecule has 1 atom stereocenters. The number of rotatable bonds is 3. The Bertz CT molecular complexity index is 560. The van der Waals surface area contributed by atoms with E-state index < -0.39 is 5.60 Å². The summed E-state index contributed by atoms with van der Waals surface area (Å²) in [6, 6.07) is 19.8. The van der Waals surface area contributed by atoms with Crippen LogP contribution >= 0.6 is 0 Å². The highest BCUT2D eigenvalue weighted by Crippen LogP contribution is 2.49. The van der Waals surface area contributed by atoms with E-state index in [0.29, 0.717) is 6.42 Å². The summed E-state index contributed by atoms with van der Waals surface area (Å²) >= 11 is 0. The molecule has 2 aromatic carbocycles. The Morgan fingerprint density at radius 1 is 0.889 bits per heavy atom. The Labute approximate surface area is 106 Å². The van der Waals surface area contributed by atoms with E-state index in [1.807, 2.05) is 60.7 Å². The number of benzene rings is 2. The molecule has 0 saturated carbocycles. The van der Waals surface area contributed by atoms with E-state index in [4.69, 9.17) is 4.89 Å². The van der Waals surface area contributed by atoms with E-state index in [1.165, 1.54) is 0 Å². The lowest BCUT2D eigenvalue weighted by molar-refractivity contribution is -0.312. The molecule has 3 rings (SSSR count). The molecule has 0 fully saturated rings. The van der Waals surface area contributed by atoms with E-state index in [1.54, 1.807) is 0 Å². The molecule has 0 radical (unpaired) electrons. The quantitative estimate of drug-likeness (QED) is 0.650. The van der Waals surface area contributed by atoms with Crippen molar-refractivity contribution in [3.63, 3.8) is 0 Å². The minimum Gasteiger partial charge on any atom is -0.251 e. The fourth-order valence-corrected chi connectivity index (χ4v) is 2.48. The second-order valence-electron chi connectivity index (χ2n) is 4.47. The molecule has 0 heterocycles. The highest BCUT2D eigenvalue weighted by molar-refractivity contribution is 5.79. The molecular weight excluding hydrogens is 224 g/mol. The normalized spacial score (nSPS) is 22.2. The van der Waals surface area contributed by atoms with Crippen LogP contribution in [0.1, 0.15) is 17.5 Å². The van der Waals surface area contributed by atoms with Gasteiger partial charge in [0.05, 0.1) is 0 Å². The first kappa shape index (κ1) is 11.2. The standard InChI is InChI=1S/C16H14O2/c17-18-16(14-9-5-2-6-10-14)12-11-15(16)13-7-3-1-4-8-13/h1-11,17H,12H2/t16-/m1/s1. The third kappa shape index (κ3) is 1.58. The summed E-state index contributed by atoms with van der Waals surface area (Å²) in [6.45, 7) is 0. The molecule has 0 unspecified atom stereocenters. The van der Waals surface area contributed by atoms with Crippen molar-refractivity contribution in [1.29, 1.82) is 0 Å². The van der Waals surface area contributed by atoms with Crippen molar-refractivity contribution in [3.8, 4) is 0 Å². The topological polar surface area (TPSA) is 29.5 Å². The molecule has 0 saturated heterocycles. The molecule has 2 aromatic rings. The summed E-state index contributed by atoms with van der Waals surface area (Å²) in [5, 5.41) is 9.38. The molecule has 1 aliphatic carbocycles. The monoisotopic (exact) mass is 238 g/mol. The Balaban J connectivity index is 2.04. The van der Waals surface area contributed by atoms with Crippen LogP contribution in [0.25, 0.3) is 5.57 Å². The summed E-state index contributed by atoms with van der Waals surface area (Å²) in [4.78, 5) is 4.86. The lowest BCUT2D eigenvalue weighted by Gasteiger charge is -2.39. The second kappa shape index (κ2) is 4.41. The van der Waals surface area contributed by atoms with Crippen LogP contribution in [0.15, 0.2) is 66.7 Å². The van der Waals surface area contributed by atoms with Gasteiger partial charge >= 0.3 is 0 Å². The first-order valence-corrected chi connectivity index (χ1v) is 6.01. The molecule has 0 amide bonds. The largest absolute Gasteiger partial charge is 0.251 e.